The Balaban J connectivity index is 1.89. The van der Waals surface area contributed by atoms with E-state index in [1.165, 1.54) is 18.4 Å². The molecule has 0 radical (unpaired) electrons. The van der Waals surface area contributed by atoms with Crippen molar-refractivity contribution in [3.8, 4) is 5.75 Å². The Morgan fingerprint density at radius 1 is 1.11 bits per heavy atom. The van der Waals surface area contributed by atoms with Gasteiger partial charge >= 0.3 is 0 Å². The summed E-state index contributed by atoms with van der Waals surface area (Å²) in [6, 6.07) is 6.99. The summed E-state index contributed by atoms with van der Waals surface area (Å²) in [6.07, 6.45) is 2.61. The summed E-state index contributed by atoms with van der Waals surface area (Å²) in [5, 5.41) is 3.51. The first-order chi connectivity index (χ1) is 9.31. The maximum Gasteiger partial charge on any atom is 0.119 e. The summed E-state index contributed by atoms with van der Waals surface area (Å²) >= 11 is 0. The molecule has 0 saturated heterocycles. The molecule has 1 aliphatic carbocycles. The minimum absolute atomic E-state index is 0.594. The Kier molecular flexibility index (Phi) is 5.63. The fraction of sp³-hybridized carbons (Fsp3) is 0.600. The van der Waals surface area contributed by atoms with Crippen LogP contribution in [0.5, 0.6) is 5.75 Å². The Bertz CT molecular complexity index is 391. The van der Waals surface area contributed by atoms with Gasteiger partial charge in [0.15, 0.2) is 0 Å². The molecule has 19 heavy (non-hydrogen) atoms. The molecule has 4 heteroatoms. The number of ether oxygens (including phenoxy) is 3. The molecule has 1 fully saturated rings. The molecule has 0 heterocycles. The topological polar surface area (TPSA) is 39.7 Å². The molecule has 0 aromatic heterocycles. The van der Waals surface area contributed by atoms with Crippen molar-refractivity contribution >= 4 is 0 Å². The van der Waals surface area contributed by atoms with Crippen LogP contribution in [0.25, 0.3) is 0 Å². The van der Waals surface area contributed by atoms with Gasteiger partial charge in [-0.3, -0.25) is 0 Å². The quantitative estimate of drug-likeness (QED) is 0.694. The molecule has 2 rings (SSSR count). The summed E-state index contributed by atoms with van der Waals surface area (Å²) in [5.74, 6) is 0.889. The first-order valence-corrected chi connectivity index (χ1v) is 6.78. The van der Waals surface area contributed by atoms with Crippen LogP contribution < -0.4 is 10.1 Å². The third-order valence-electron chi connectivity index (χ3n) is 3.13. The standard InChI is InChI=1S/C15H23NO3/c1-17-5-6-19-11-13-7-12(8-15(9-13)18-2)10-16-14-3-4-14/h7-9,14,16H,3-6,10-11H2,1-2H3. The molecule has 0 unspecified atom stereocenters. The van der Waals surface area contributed by atoms with E-state index in [1.807, 2.05) is 6.07 Å². The lowest BCUT2D eigenvalue weighted by Gasteiger charge is -2.10. The molecule has 1 N–H and O–H groups in total. The van der Waals surface area contributed by atoms with E-state index < -0.39 is 0 Å². The number of hydrogen-bond acceptors (Lipinski definition) is 4. The molecule has 0 aliphatic heterocycles. The van der Waals surface area contributed by atoms with Gasteiger partial charge < -0.3 is 19.5 Å². The number of nitrogens with one attached hydrogen (secondary N) is 1. The van der Waals surface area contributed by atoms with E-state index in [1.54, 1.807) is 14.2 Å². The Labute approximate surface area is 115 Å². The molecule has 0 bridgehead atoms. The van der Waals surface area contributed by atoms with Gasteiger partial charge in [-0.15, -0.1) is 0 Å². The van der Waals surface area contributed by atoms with E-state index >= 15 is 0 Å². The monoisotopic (exact) mass is 265 g/mol. The molecule has 1 aromatic carbocycles. The zero-order valence-electron chi connectivity index (χ0n) is 11.8. The van der Waals surface area contributed by atoms with E-state index in [2.05, 4.69) is 17.4 Å². The molecule has 1 aliphatic rings. The van der Waals surface area contributed by atoms with Crippen LogP contribution in [0.3, 0.4) is 0 Å². The Hall–Kier alpha value is -1.10. The minimum Gasteiger partial charge on any atom is -0.497 e. The van der Waals surface area contributed by atoms with Gasteiger partial charge in [-0.2, -0.15) is 0 Å². The third kappa shape index (κ3) is 5.19. The van der Waals surface area contributed by atoms with E-state index in [9.17, 15) is 0 Å². The largest absolute Gasteiger partial charge is 0.497 e. The lowest BCUT2D eigenvalue weighted by Crippen LogP contribution is -2.15. The van der Waals surface area contributed by atoms with Crippen molar-refractivity contribution in [3.05, 3.63) is 29.3 Å². The second kappa shape index (κ2) is 7.48. The van der Waals surface area contributed by atoms with Crippen molar-refractivity contribution in [2.24, 2.45) is 0 Å². The van der Waals surface area contributed by atoms with Crippen LogP contribution in [0.4, 0.5) is 0 Å². The fourth-order valence-corrected chi connectivity index (χ4v) is 1.91. The van der Waals surface area contributed by atoms with Gasteiger partial charge in [-0.05, 0) is 36.1 Å². The van der Waals surface area contributed by atoms with Crippen molar-refractivity contribution < 1.29 is 14.2 Å². The van der Waals surface area contributed by atoms with Crippen molar-refractivity contribution in [1.29, 1.82) is 0 Å². The minimum atomic E-state index is 0.594. The first kappa shape index (κ1) is 14.3. The fourth-order valence-electron chi connectivity index (χ4n) is 1.91. The zero-order valence-corrected chi connectivity index (χ0v) is 11.8. The molecule has 1 aromatic rings. The Morgan fingerprint density at radius 3 is 2.58 bits per heavy atom. The maximum atomic E-state index is 5.55. The van der Waals surface area contributed by atoms with Crippen molar-refractivity contribution in [2.45, 2.75) is 32.0 Å². The van der Waals surface area contributed by atoms with Gasteiger partial charge in [-0.25, -0.2) is 0 Å². The third-order valence-corrected chi connectivity index (χ3v) is 3.13. The molecular weight excluding hydrogens is 242 g/mol. The van der Waals surface area contributed by atoms with Gasteiger partial charge in [-0.1, -0.05) is 6.07 Å². The average molecular weight is 265 g/mol. The normalized spacial score (nSPS) is 14.6. The summed E-state index contributed by atoms with van der Waals surface area (Å²) < 4.78 is 15.8. The molecule has 4 nitrogen and oxygen atoms in total. The second-order valence-corrected chi connectivity index (χ2v) is 4.89. The van der Waals surface area contributed by atoms with E-state index in [0.717, 1.165) is 17.9 Å². The van der Waals surface area contributed by atoms with Crippen LogP contribution in [0.1, 0.15) is 24.0 Å². The second-order valence-electron chi connectivity index (χ2n) is 4.89. The van der Waals surface area contributed by atoms with Crippen molar-refractivity contribution in [1.82, 2.24) is 5.32 Å². The molecule has 1 saturated carbocycles. The predicted octanol–water partition coefficient (Wildman–Crippen LogP) is 2.11. The summed E-state index contributed by atoms with van der Waals surface area (Å²) in [6.45, 7) is 2.73. The number of methoxy groups -OCH3 is 2. The first-order valence-electron chi connectivity index (χ1n) is 6.78. The molecule has 0 spiro atoms. The van der Waals surface area contributed by atoms with Gasteiger partial charge in [0.1, 0.15) is 5.75 Å². The highest BCUT2D eigenvalue weighted by atomic mass is 16.5. The molecular formula is C15H23NO3. The average Bonchev–Trinajstić information content (AvgIpc) is 3.25. The molecule has 0 atom stereocenters. The highest BCUT2D eigenvalue weighted by molar-refractivity contribution is 5.34. The molecule has 106 valence electrons. The van der Waals surface area contributed by atoms with Crippen LogP contribution in [-0.4, -0.2) is 33.5 Å². The molecule has 0 amide bonds. The van der Waals surface area contributed by atoms with Gasteiger partial charge in [0, 0.05) is 19.7 Å². The highest BCUT2D eigenvalue weighted by Crippen LogP contribution is 2.21. The van der Waals surface area contributed by atoms with Crippen LogP contribution in [0.2, 0.25) is 0 Å². The summed E-state index contributed by atoms with van der Waals surface area (Å²) in [4.78, 5) is 0. The highest BCUT2D eigenvalue weighted by Gasteiger charge is 2.20. The van der Waals surface area contributed by atoms with Gasteiger partial charge in [0.2, 0.25) is 0 Å². The van der Waals surface area contributed by atoms with E-state index in [0.29, 0.717) is 25.9 Å². The van der Waals surface area contributed by atoms with E-state index in [4.69, 9.17) is 14.2 Å². The maximum absolute atomic E-state index is 5.55. The van der Waals surface area contributed by atoms with Gasteiger partial charge in [0.05, 0.1) is 26.9 Å². The SMILES string of the molecule is COCCOCc1cc(CNC2CC2)cc(OC)c1. The smallest absolute Gasteiger partial charge is 0.119 e. The predicted molar refractivity (Wildman–Crippen MR) is 74.4 cm³/mol. The lowest BCUT2D eigenvalue weighted by molar-refractivity contribution is 0.0615. The van der Waals surface area contributed by atoms with Crippen LogP contribution in [0, 0.1) is 0 Å². The zero-order chi connectivity index (χ0) is 13.5. The van der Waals surface area contributed by atoms with Crippen LogP contribution in [0.15, 0.2) is 18.2 Å². The number of hydrogen-bond donors (Lipinski definition) is 1. The Morgan fingerprint density at radius 2 is 1.89 bits per heavy atom. The van der Waals surface area contributed by atoms with Gasteiger partial charge in [0.25, 0.3) is 0 Å². The van der Waals surface area contributed by atoms with Crippen molar-refractivity contribution in [2.75, 3.05) is 27.4 Å². The lowest BCUT2D eigenvalue weighted by atomic mass is 10.1. The summed E-state index contributed by atoms with van der Waals surface area (Å²) in [5.41, 5.74) is 2.39. The van der Waals surface area contributed by atoms with Crippen LogP contribution in [-0.2, 0) is 22.6 Å². The van der Waals surface area contributed by atoms with Crippen LogP contribution >= 0.6 is 0 Å². The summed E-state index contributed by atoms with van der Waals surface area (Å²) in [7, 11) is 3.37. The number of rotatable bonds is 9. The number of benzene rings is 1. The van der Waals surface area contributed by atoms with Crippen molar-refractivity contribution in [3.63, 3.8) is 0 Å². The van der Waals surface area contributed by atoms with E-state index in [-0.39, 0.29) is 0 Å².